The Morgan fingerprint density at radius 3 is 2.58 bits per heavy atom. The minimum atomic E-state index is -3.73. The molecule has 8 heteroatoms. The highest BCUT2D eigenvalue weighted by Crippen LogP contribution is 2.27. The molecule has 0 radical (unpaired) electrons. The number of carboxylic acid groups (broad SMARTS) is 1. The average molecular weight is 352 g/mol. The molecule has 1 aromatic carbocycles. The molecule has 0 unspecified atom stereocenters. The monoisotopic (exact) mass is 351 g/mol. The van der Waals surface area contributed by atoms with Crippen molar-refractivity contribution in [2.75, 3.05) is 6.61 Å². The van der Waals surface area contributed by atoms with Crippen LogP contribution >= 0.6 is 15.9 Å². The van der Waals surface area contributed by atoms with Gasteiger partial charge in [0, 0.05) is 6.42 Å². The smallest absolute Gasteiger partial charge is 0.303 e. The Balaban J connectivity index is 2.54. The first-order valence-corrected chi connectivity index (χ1v) is 7.81. The van der Waals surface area contributed by atoms with Gasteiger partial charge in [0.2, 0.25) is 10.0 Å². The molecule has 0 aliphatic rings. The molecule has 0 spiro atoms. The number of ether oxygens (including phenoxy) is 1. The molecule has 0 aliphatic carbocycles. The first-order valence-electron chi connectivity index (χ1n) is 5.47. The quantitative estimate of drug-likeness (QED) is 0.727. The summed E-state index contributed by atoms with van der Waals surface area (Å²) in [5.41, 5.74) is 0. The second-order valence-corrected chi connectivity index (χ2v) is 6.25. The minimum Gasteiger partial charge on any atom is -0.492 e. The molecule has 0 saturated carbocycles. The van der Waals surface area contributed by atoms with Crippen LogP contribution in [0.2, 0.25) is 0 Å². The summed E-state index contributed by atoms with van der Waals surface area (Å²) in [5.74, 6) is -0.346. The summed E-state index contributed by atoms with van der Waals surface area (Å²) in [6.07, 6.45) is 1.24. The molecule has 19 heavy (non-hydrogen) atoms. The largest absolute Gasteiger partial charge is 0.492 e. The number of nitrogens with two attached hydrogens (primary N) is 1. The maximum Gasteiger partial charge on any atom is 0.303 e. The zero-order valence-electron chi connectivity index (χ0n) is 10.0. The normalized spacial score (nSPS) is 11.3. The van der Waals surface area contributed by atoms with Crippen LogP contribution in [0.5, 0.6) is 5.75 Å². The van der Waals surface area contributed by atoms with Crippen molar-refractivity contribution in [3.63, 3.8) is 0 Å². The molecule has 0 saturated heterocycles. The molecule has 6 nitrogen and oxygen atoms in total. The Kier molecular flexibility index (Phi) is 5.77. The van der Waals surface area contributed by atoms with Crippen molar-refractivity contribution in [1.82, 2.24) is 0 Å². The number of carboxylic acids is 1. The van der Waals surface area contributed by atoms with Crippen molar-refractivity contribution in [2.45, 2.75) is 24.2 Å². The van der Waals surface area contributed by atoms with Crippen LogP contribution in [0.1, 0.15) is 19.3 Å². The van der Waals surface area contributed by atoms with E-state index in [-0.39, 0.29) is 11.3 Å². The Bertz CT molecular complexity index is 558. The SMILES string of the molecule is NS(=O)(=O)c1ccc(OCCCCC(=O)O)c(Br)c1. The second-order valence-electron chi connectivity index (χ2n) is 3.84. The van der Waals surface area contributed by atoms with E-state index in [1.807, 2.05) is 0 Å². The Hall–Kier alpha value is -1.12. The van der Waals surface area contributed by atoms with Crippen molar-refractivity contribution < 1.29 is 23.1 Å². The summed E-state index contributed by atoms with van der Waals surface area (Å²) in [4.78, 5) is 10.3. The lowest BCUT2D eigenvalue weighted by atomic mass is 10.2. The Labute approximate surface area is 119 Å². The third-order valence-corrected chi connectivity index (χ3v) is 3.81. The Morgan fingerprint density at radius 2 is 2.05 bits per heavy atom. The summed E-state index contributed by atoms with van der Waals surface area (Å²) in [6.45, 7) is 0.362. The number of rotatable bonds is 7. The second kappa shape index (κ2) is 6.88. The number of benzene rings is 1. The molecule has 1 rings (SSSR count). The molecule has 3 N–H and O–H groups in total. The van der Waals surface area contributed by atoms with Gasteiger partial charge in [0.25, 0.3) is 0 Å². The molecule has 1 aromatic rings. The molecular formula is C11H14BrNO5S. The van der Waals surface area contributed by atoms with Crippen LogP contribution in [0, 0.1) is 0 Å². The number of aliphatic carboxylic acids is 1. The molecule has 0 bridgehead atoms. The minimum absolute atomic E-state index is 0.00222. The van der Waals surface area contributed by atoms with Gasteiger partial charge in [-0.3, -0.25) is 4.79 Å². The predicted octanol–water partition coefficient (Wildman–Crippen LogP) is 1.73. The van der Waals surface area contributed by atoms with E-state index in [4.69, 9.17) is 15.0 Å². The van der Waals surface area contributed by atoms with E-state index in [9.17, 15) is 13.2 Å². The fourth-order valence-electron chi connectivity index (χ4n) is 1.34. The predicted molar refractivity (Wildman–Crippen MR) is 72.5 cm³/mol. The maximum atomic E-state index is 11.1. The first-order chi connectivity index (χ1) is 8.80. The fourth-order valence-corrected chi connectivity index (χ4v) is 2.52. The van der Waals surface area contributed by atoms with Gasteiger partial charge >= 0.3 is 5.97 Å². The fraction of sp³-hybridized carbons (Fsp3) is 0.364. The van der Waals surface area contributed by atoms with E-state index in [0.29, 0.717) is 29.7 Å². The van der Waals surface area contributed by atoms with Crippen LogP contribution < -0.4 is 9.88 Å². The lowest BCUT2D eigenvalue weighted by molar-refractivity contribution is -0.137. The van der Waals surface area contributed by atoms with Crippen molar-refractivity contribution in [3.8, 4) is 5.75 Å². The zero-order chi connectivity index (χ0) is 14.5. The van der Waals surface area contributed by atoms with Crippen molar-refractivity contribution in [1.29, 1.82) is 0 Å². The van der Waals surface area contributed by atoms with Crippen LogP contribution in [0.25, 0.3) is 0 Å². The van der Waals surface area contributed by atoms with E-state index in [2.05, 4.69) is 15.9 Å². The van der Waals surface area contributed by atoms with E-state index in [0.717, 1.165) is 0 Å². The van der Waals surface area contributed by atoms with Gasteiger partial charge < -0.3 is 9.84 Å². The highest BCUT2D eigenvalue weighted by Gasteiger charge is 2.10. The number of halogens is 1. The highest BCUT2D eigenvalue weighted by atomic mass is 79.9. The average Bonchev–Trinajstić information content (AvgIpc) is 2.28. The van der Waals surface area contributed by atoms with Crippen molar-refractivity contribution in [3.05, 3.63) is 22.7 Å². The van der Waals surface area contributed by atoms with Gasteiger partial charge in [0.05, 0.1) is 16.0 Å². The van der Waals surface area contributed by atoms with Crippen LogP contribution in [-0.2, 0) is 14.8 Å². The molecule has 0 aliphatic heterocycles. The van der Waals surface area contributed by atoms with Crippen LogP contribution in [0.15, 0.2) is 27.6 Å². The molecule has 0 atom stereocenters. The van der Waals surface area contributed by atoms with Gasteiger partial charge in [-0.05, 0) is 47.0 Å². The molecule has 106 valence electrons. The first kappa shape index (κ1) is 15.9. The zero-order valence-corrected chi connectivity index (χ0v) is 12.4. The number of sulfonamides is 1. The highest BCUT2D eigenvalue weighted by molar-refractivity contribution is 9.10. The summed E-state index contributed by atoms with van der Waals surface area (Å²) in [6, 6.07) is 4.22. The molecule has 0 fully saturated rings. The maximum absolute atomic E-state index is 11.1. The van der Waals surface area contributed by atoms with Gasteiger partial charge in [-0.15, -0.1) is 0 Å². The molecule has 0 aromatic heterocycles. The van der Waals surface area contributed by atoms with Crippen LogP contribution in [0.4, 0.5) is 0 Å². The van der Waals surface area contributed by atoms with Gasteiger partial charge in [0.1, 0.15) is 5.75 Å². The molecular weight excluding hydrogens is 338 g/mol. The summed E-state index contributed by atoms with van der Waals surface area (Å²) in [5, 5.41) is 13.5. The molecule has 0 heterocycles. The lowest BCUT2D eigenvalue weighted by Gasteiger charge is -2.08. The van der Waals surface area contributed by atoms with E-state index < -0.39 is 16.0 Å². The van der Waals surface area contributed by atoms with E-state index >= 15 is 0 Å². The number of hydrogen-bond acceptors (Lipinski definition) is 4. The summed E-state index contributed by atoms with van der Waals surface area (Å²) < 4.78 is 28.1. The van der Waals surface area contributed by atoms with Gasteiger partial charge in [0.15, 0.2) is 0 Å². The number of carbonyl (C=O) groups is 1. The van der Waals surface area contributed by atoms with E-state index in [1.54, 1.807) is 0 Å². The van der Waals surface area contributed by atoms with Crippen LogP contribution in [-0.4, -0.2) is 26.1 Å². The summed E-state index contributed by atoms with van der Waals surface area (Å²) >= 11 is 3.19. The molecule has 0 amide bonds. The van der Waals surface area contributed by atoms with Gasteiger partial charge in [-0.1, -0.05) is 0 Å². The third kappa shape index (κ3) is 5.58. The number of hydrogen-bond donors (Lipinski definition) is 2. The summed E-state index contributed by atoms with van der Waals surface area (Å²) in [7, 11) is -3.73. The third-order valence-electron chi connectivity index (χ3n) is 2.27. The van der Waals surface area contributed by atoms with Gasteiger partial charge in [-0.25, -0.2) is 13.6 Å². The Morgan fingerprint density at radius 1 is 1.37 bits per heavy atom. The van der Waals surface area contributed by atoms with Crippen molar-refractivity contribution in [2.24, 2.45) is 5.14 Å². The number of unbranched alkanes of at least 4 members (excludes halogenated alkanes) is 1. The van der Waals surface area contributed by atoms with Gasteiger partial charge in [-0.2, -0.15) is 0 Å². The lowest BCUT2D eigenvalue weighted by Crippen LogP contribution is -2.12. The standard InChI is InChI=1S/C11H14BrNO5S/c12-9-7-8(19(13,16)17)4-5-10(9)18-6-2-1-3-11(14)15/h4-5,7H,1-3,6H2,(H,14,15)(H2,13,16,17). The van der Waals surface area contributed by atoms with Crippen molar-refractivity contribution >= 4 is 31.9 Å². The number of primary sulfonamides is 1. The van der Waals surface area contributed by atoms with E-state index in [1.165, 1.54) is 18.2 Å². The topological polar surface area (TPSA) is 107 Å². The van der Waals surface area contributed by atoms with Crippen LogP contribution in [0.3, 0.4) is 0 Å².